The fourth-order valence-corrected chi connectivity index (χ4v) is 3.74. The summed E-state index contributed by atoms with van der Waals surface area (Å²) in [6.07, 6.45) is 5.31. The first-order chi connectivity index (χ1) is 15.7. The molecular weight excluding hydrogens is 396 g/mol. The van der Waals surface area contributed by atoms with Crippen LogP contribution in [0.1, 0.15) is 35.6 Å². The van der Waals surface area contributed by atoms with Crippen molar-refractivity contribution in [3.8, 4) is 0 Å². The number of para-hydroxylation sites is 1. The second kappa shape index (κ2) is 10.4. The van der Waals surface area contributed by atoms with Crippen LogP contribution in [0.3, 0.4) is 0 Å². The fourth-order valence-electron chi connectivity index (χ4n) is 3.74. The molecule has 1 N–H and O–H groups in total. The largest absolute Gasteiger partial charge is 0.478 e. The molecule has 5 nitrogen and oxygen atoms in total. The molecule has 0 saturated heterocycles. The number of aromatic nitrogens is 3. The maximum atomic E-state index is 5.99. The molecule has 0 bridgehead atoms. The fraction of sp³-hybridized carbons (Fsp3) is 0.185. The molecule has 1 heterocycles. The number of ether oxygens (including phenoxy) is 1. The molecule has 2 unspecified atom stereocenters. The van der Waals surface area contributed by atoms with Crippen molar-refractivity contribution in [3.63, 3.8) is 0 Å². The first-order valence-electron chi connectivity index (χ1n) is 10.9. The Bertz CT molecular complexity index is 1110. The minimum atomic E-state index is -0.0284. The summed E-state index contributed by atoms with van der Waals surface area (Å²) in [7, 11) is 0. The van der Waals surface area contributed by atoms with Gasteiger partial charge in [0.2, 0.25) is 5.88 Å². The van der Waals surface area contributed by atoms with Crippen LogP contribution in [-0.4, -0.2) is 21.4 Å². The van der Waals surface area contributed by atoms with Crippen molar-refractivity contribution in [2.24, 2.45) is 0 Å². The van der Waals surface area contributed by atoms with Crippen LogP contribution in [0.15, 0.2) is 104 Å². The van der Waals surface area contributed by atoms with E-state index in [4.69, 9.17) is 4.74 Å². The number of hydrogen-bond donors (Lipinski definition) is 1. The lowest BCUT2D eigenvalue weighted by atomic mass is 9.86. The minimum absolute atomic E-state index is 0.0233. The molecule has 1 aromatic heterocycles. The summed E-state index contributed by atoms with van der Waals surface area (Å²) in [6.45, 7) is 4.62. The molecule has 162 valence electrons. The third-order valence-electron chi connectivity index (χ3n) is 5.33. The van der Waals surface area contributed by atoms with Gasteiger partial charge in [0.1, 0.15) is 12.7 Å². The molecule has 3 aromatic carbocycles. The standard InChI is InChI=1S/C27H28N4O/c1-3-32-26(31-20-28-19-29-31)18-25(22-10-6-4-7-11-22)27(23-16-14-21(2)15-17-23)30-24-12-8-5-9-13-24/h4-20,25,27,30H,3H2,1-2H3/b26-18-. The topological polar surface area (TPSA) is 52.0 Å². The van der Waals surface area contributed by atoms with Gasteiger partial charge in [0.25, 0.3) is 0 Å². The van der Waals surface area contributed by atoms with Crippen molar-refractivity contribution in [2.75, 3.05) is 11.9 Å². The molecule has 0 saturated carbocycles. The number of hydrogen-bond acceptors (Lipinski definition) is 4. The van der Waals surface area contributed by atoms with Crippen LogP contribution in [0.5, 0.6) is 0 Å². The number of benzene rings is 3. The highest BCUT2D eigenvalue weighted by Crippen LogP contribution is 2.36. The van der Waals surface area contributed by atoms with Crippen LogP contribution in [-0.2, 0) is 4.74 Å². The van der Waals surface area contributed by atoms with Crippen LogP contribution in [0.4, 0.5) is 5.69 Å². The first-order valence-corrected chi connectivity index (χ1v) is 10.9. The van der Waals surface area contributed by atoms with Crippen molar-refractivity contribution < 1.29 is 4.74 Å². The number of anilines is 1. The van der Waals surface area contributed by atoms with E-state index < -0.39 is 0 Å². The summed E-state index contributed by atoms with van der Waals surface area (Å²) in [5.41, 5.74) is 4.67. The maximum absolute atomic E-state index is 5.99. The third-order valence-corrected chi connectivity index (χ3v) is 5.33. The molecule has 4 aromatic rings. The summed E-state index contributed by atoms with van der Waals surface area (Å²) >= 11 is 0. The van der Waals surface area contributed by atoms with E-state index in [0.29, 0.717) is 12.5 Å². The van der Waals surface area contributed by atoms with Crippen molar-refractivity contribution in [2.45, 2.75) is 25.8 Å². The Morgan fingerprint density at radius 3 is 2.25 bits per heavy atom. The van der Waals surface area contributed by atoms with Gasteiger partial charge in [-0.25, -0.2) is 4.98 Å². The predicted molar refractivity (Wildman–Crippen MR) is 129 cm³/mol. The van der Waals surface area contributed by atoms with Crippen LogP contribution < -0.4 is 5.32 Å². The van der Waals surface area contributed by atoms with Gasteiger partial charge >= 0.3 is 0 Å². The lowest BCUT2D eigenvalue weighted by molar-refractivity contribution is 0.270. The van der Waals surface area contributed by atoms with Gasteiger partial charge in [-0.3, -0.25) is 0 Å². The molecule has 32 heavy (non-hydrogen) atoms. The van der Waals surface area contributed by atoms with E-state index in [1.54, 1.807) is 11.0 Å². The van der Waals surface area contributed by atoms with Crippen LogP contribution in [0, 0.1) is 6.92 Å². The number of nitrogens with zero attached hydrogens (tertiary/aromatic N) is 3. The quantitative estimate of drug-likeness (QED) is 0.332. The summed E-state index contributed by atoms with van der Waals surface area (Å²) < 4.78 is 7.66. The van der Waals surface area contributed by atoms with E-state index in [2.05, 4.69) is 89.1 Å². The third kappa shape index (κ3) is 5.24. The van der Waals surface area contributed by atoms with Crippen LogP contribution in [0.2, 0.25) is 0 Å². The monoisotopic (exact) mass is 424 g/mol. The van der Waals surface area contributed by atoms with Gasteiger partial charge in [0, 0.05) is 11.6 Å². The van der Waals surface area contributed by atoms with Crippen molar-refractivity contribution in [1.82, 2.24) is 14.8 Å². The van der Waals surface area contributed by atoms with E-state index >= 15 is 0 Å². The molecule has 0 fully saturated rings. The number of nitrogens with one attached hydrogen (secondary N) is 1. The first kappa shape index (κ1) is 21.4. The summed E-state index contributed by atoms with van der Waals surface area (Å²) in [6, 6.07) is 29.4. The Balaban J connectivity index is 1.84. The summed E-state index contributed by atoms with van der Waals surface area (Å²) in [5.74, 6) is 0.635. The van der Waals surface area contributed by atoms with Crippen molar-refractivity contribution >= 4 is 11.6 Å². The second-order valence-corrected chi connectivity index (χ2v) is 7.61. The maximum Gasteiger partial charge on any atom is 0.212 e. The predicted octanol–water partition coefficient (Wildman–Crippen LogP) is 6.06. The average Bonchev–Trinajstić information content (AvgIpc) is 3.37. The lowest BCUT2D eigenvalue weighted by Crippen LogP contribution is -2.20. The van der Waals surface area contributed by atoms with E-state index in [9.17, 15) is 0 Å². The average molecular weight is 425 g/mol. The molecule has 0 aliphatic rings. The highest BCUT2D eigenvalue weighted by atomic mass is 16.5. The van der Waals surface area contributed by atoms with E-state index in [0.717, 1.165) is 5.69 Å². The SMILES string of the molecule is CCO/C(=C\C(c1ccccc1)C(Nc1ccccc1)c1ccc(C)cc1)n1cncn1. The summed E-state index contributed by atoms with van der Waals surface area (Å²) in [5, 5.41) is 8.06. The Hall–Kier alpha value is -3.86. The highest BCUT2D eigenvalue weighted by Gasteiger charge is 2.25. The Morgan fingerprint density at radius 1 is 0.938 bits per heavy atom. The molecule has 2 atom stereocenters. The van der Waals surface area contributed by atoms with Crippen LogP contribution in [0.25, 0.3) is 5.88 Å². The normalized spacial score (nSPS) is 13.4. The van der Waals surface area contributed by atoms with Gasteiger partial charge in [-0.1, -0.05) is 78.4 Å². The highest BCUT2D eigenvalue weighted by molar-refractivity contribution is 5.50. The van der Waals surface area contributed by atoms with Crippen molar-refractivity contribution in [3.05, 3.63) is 120 Å². The Labute approximate surface area is 189 Å². The van der Waals surface area contributed by atoms with Gasteiger partial charge in [0.05, 0.1) is 12.6 Å². The lowest BCUT2D eigenvalue weighted by Gasteiger charge is -2.29. The van der Waals surface area contributed by atoms with E-state index in [-0.39, 0.29) is 12.0 Å². The smallest absolute Gasteiger partial charge is 0.212 e. The van der Waals surface area contributed by atoms with Gasteiger partial charge < -0.3 is 10.1 Å². The van der Waals surface area contributed by atoms with Crippen molar-refractivity contribution in [1.29, 1.82) is 0 Å². The number of aryl methyl sites for hydroxylation is 1. The zero-order valence-corrected chi connectivity index (χ0v) is 18.4. The zero-order chi connectivity index (χ0) is 22.2. The molecule has 4 rings (SSSR count). The van der Waals surface area contributed by atoms with E-state index in [1.165, 1.54) is 23.0 Å². The van der Waals surface area contributed by atoms with Gasteiger partial charge in [-0.15, -0.1) is 0 Å². The molecule has 0 radical (unpaired) electrons. The van der Waals surface area contributed by atoms with E-state index in [1.807, 2.05) is 31.2 Å². The van der Waals surface area contributed by atoms with Gasteiger partial charge in [-0.2, -0.15) is 9.78 Å². The second-order valence-electron chi connectivity index (χ2n) is 7.61. The van der Waals surface area contributed by atoms with Gasteiger partial charge in [0.15, 0.2) is 0 Å². The molecule has 0 aliphatic heterocycles. The zero-order valence-electron chi connectivity index (χ0n) is 18.4. The molecule has 0 spiro atoms. The minimum Gasteiger partial charge on any atom is -0.478 e. The summed E-state index contributed by atoms with van der Waals surface area (Å²) in [4.78, 5) is 4.10. The molecular formula is C27H28N4O. The van der Waals surface area contributed by atoms with Gasteiger partial charge in [-0.05, 0) is 43.2 Å². The molecule has 5 heteroatoms. The molecule has 0 amide bonds. The van der Waals surface area contributed by atoms with Crippen LogP contribution >= 0.6 is 0 Å². The number of rotatable bonds is 9. The Morgan fingerprint density at radius 2 is 1.62 bits per heavy atom. The molecule has 0 aliphatic carbocycles. The Kier molecular flexibility index (Phi) is 6.98.